The average Bonchev–Trinajstić information content (AvgIpc) is 2.81. The molecule has 1 aromatic carbocycles. The minimum atomic E-state index is -0.753. The van der Waals surface area contributed by atoms with E-state index in [1.54, 1.807) is 0 Å². The molecule has 6 nitrogen and oxygen atoms in total. The highest BCUT2D eigenvalue weighted by Gasteiger charge is 2.39. The first-order chi connectivity index (χ1) is 9.96. The number of halogens is 1. The zero-order chi connectivity index (χ0) is 15.5. The van der Waals surface area contributed by atoms with Crippen LogP contribution in [0.15, 0.2) is 18.2 Å². The van der Waals surface area contributed by atoms with E-state index in [0.717, 1.165) is 19.3 Å². The Morgan fingerprint density at radius 3 is 3.00 bits per heavy atom. The maximum Gasteiger partial charge on any atom is 0.288 e. The molecule has 1 aliphatic carbocycles. The Bertz CT molecular complexity index is 587. The Balaban J connectivity index is 1.91. The Hall–Kier alpha value is -1.84. The highest BCUT2D eigenvalue weighted by atomic mass is 35.5. The molecule has 0 heterocycles. The van der Waals surface area contributed by atoms with Crippen molar-refractivity contribution in [3.05, 3.63) is 33.3 Å². The van der Waals surface area contributed by atoms with E-state index in [2.05, 4.69) is 6.07 Å². The third kappa shape index (κ3) is 3.43. The molecular weight excluding hydrogens is 294 g/mol. The van der Waals surface area contributed by atoms with Crippen molar-refractivity contribution in [2.45, 2.75) is 31.2 Å². The van der Waals surface area contributed by atoms with E-state index in [4.69, 9.17) is 27.3 Å². The number of hydrogen-bond acceptors (Lipinski definition) is 5. The van der Waals surface area contributed by atoms with Crippen molar-refractivity contribution in [3.8, 4) is 11.8 Å². The molecule has 2 N–H and O–H groups in total. The van der Waals surface area contributed by atoms with Crippen LogP contribution < -0.4 is 10.5 Å². The second-order valence-corrected chi connectivity index (χ2v) is 5.66. The zero-order valence-corrected chi connectivity index (χ0v) is 12.2. The van der Waals surface area contributed by atoms with Gasteiger partial charge in [-0.25, -0.2) is 0 Å². The van der Waals surface area contributed by atoms with Crippen molar-refractivity contribution in [1.82, 2.24) is 0 Å². The molecule has 1 saturated carbocycles. The van der Waals surface area contributed by atoms with Gasteiger partial charge in [-0.3, -0.25) is 10.1 Å². The smallest absolute Gasteiger partial charge is 0.288 e. The summed E-state index contributed by atoms with van der Waals surface area (Å²) in [6.45, 7) is 0.402. The number of nitro groups is 1. The summed E-state index contributed by atoms with van der Waals surface area (Å²) in [5, 5.41) is 19.8. The summed E-state index contributed by atoms with van der Waals surface area (Å²) in [6, 6.07) is 6.45. The van der Waals surface area contributed by atoms with Gasteiger partial charge in [0.05, 0.1) is 17.6 Å². The van der Waals surface area contributed by atoms with E-state index < -0.39 is 10.5 Å². The number of rotatable bonds is 5. The second kappa shape index (κ2) is 6.29. The monoisotopic (exact) mass is 309 g/mol. The van der Waals surface area contributed by atoms with Gasteiger partial charge < -0.3 is 10.5 Å². The molecule has 7 heteroatoms. The van der Waals surface area contributed by atoms with Crippen LogP contribution in [0.1, 0.15) is 25.7 Å². The lowest BCUT2D eigenvalue weighted by molar-refractivity contribution is -0.384. The molecule has 2 rings (SSSR count). The summed E-state index contributed by atoms with van der Waals surface area (Å²) in [6.07, 6.45) is 3.28. The molecule has 0 aromatic heterocycles. The normalized spacial score (nSPS) is 24.5. The fourth-order valence-corrected chi connectivity index (χ4v) is 2.94. The fraction of sp³-hybridized carbons (Fsp3) is 0.500. The van der Waals surface area contributed by atoms with Crippen molar-refractivity contribution < 1.29 is 9.66 Å². The maximum atomic E-state index is 10.7. The molecule has 2 atom stereocenters. The van der Waals surface area contributed by atoms with Crippen LogP contribution in [0.5, 0.6) is 5.75 Å². The van der Waals surface area contributed by atoms with E-state index in [-0.39, 0.29) is 16.6 Å². The highest BCUT2D eigenvalue weighted by molar-refractivity contribution is 6.32. The lowest BCUT2D eigenvalue weighted by atomic mass is 9.87. The van der Waals surface area contributed by atoms with Crippen molar-refractivity contribution in [2.24, 2.45) is 11.7 Å². The van der Waals surface area contributed by atoms with Crippen LogP contribution >= 0.6 is 11.6 Å². The van der Waals surface area contributed by atoms with E-state index in [1.165, 1.54) is 18.2 Å². The van der Waals surface area contributed by atoms with Crippen LogP contribution in [0.25, 0.3) is 0 Å². The fourth-order valence-electron chi connectivity index (χ4n) is 2.70. The molecular formula is C14H16ClN3O3. The summed E-state index contributed by atoms with van der Waals surface area (Å²) < 4.78 is 5.55. The second-order valence-electron chi connectivity index (χ2n) is 5.25. The molecule has 1 fully saturated rings. The summed E-state index contributed by atoms with van der Waals surface area (Å²) in [7, 11) is 0. The van der Waals surface area contributed by atoms with Crippen molar-refractivity contribution >= 4 is 17.3 Å². The zero-order valence-electron chi connectivity index (χ0n) is 11.4. The van der Waals surface area contributed by atoms with Gasteiger partial charge in [0.25, 0.3) is 5.69 Å². The van der Waals surface area contributed by atoms with Gasteiger partial charge in [0.2, 0.25) is 0 Å². The number of nitro benzene ring substituents is 1. The number of ether oxygens (including phenoxy) is 1. The molecule has 21 heavy (non-hydrogen) atoms. The minimum absolute atomic E-state index is 0.0450. The first-order valence-corrected chi connectivity index (χ1v) is 7.11. The Morgan fingerprint density at radius 1 is 1.62 bits per heavy atom. The number of hydrogen-bond donors (Lipinski definition) is 1. The molecule has 112 valence electrons. The van der Waals surface area contributed by atoms with Crippen LogP contribution in [0.4, 0.5) is 5.69 Å². The third-order valence-corrected chi connectivity index (χ3v) is 4.23. The topological polar surface area (TPSA) is 102 Å². The number of nitrogens with two attached hydrogens (primary N) is 1. The lowest BCUT2D eigenvalue weighted by Crippen LogP contribution is -2.42. The molecule has 0 spiro atoms. The van der Waals surface area contributed by atoms with Gasteiger partial charge in [-0.2, -0.15) is 5.26 Å². The molecule has 0 bridgehead atoms. The lowest BCUT2D eigenvalue weighted by Gasteiger charge is -2.23. The number of nitriles is 1. The van der Waals surface area contributed by atoms with E-state index in [1.807, 2.05) is 0 Å². The van der Waals surface area contributed by atoms with Crippen LogP contribution in [0, 0.1) is 27.4 Å². The standard InChI is InChI=1S/C14H16ClN3O3/c15-12-8-11(3-4-13(12)18(19)20)21-7-5-10-2-1-6-14(10,17)9-16/h3-4,8,10H,1-2,5-7,17H2. The molecule has 1 aliphatic rings. The number of benzene rings is 1. The van der Waals surface area contributed by atoms with Crippen LogP contribution in [0.2, 0.25) is 5.02 Å². The summed E-state index contributed by atoms with van der Waals surface area (Å²) in [4.78, 5) is 10.1. The molecule has 0 amide bonds. The Kier molecular flexibility index (Phi) is 4.66. The minimum Gasteiger partial charge on any atom is -0.494 e. The third-order valence-electron chi connectivity index (χ3n) is 3.93. The summed E-state index contributed by atoms with van der Waals surface area (Å²) in [5.41, 5.74) is 5.15. The van der Waals surface area contributed by atoms with Crippen molar-refractivity contribution in [3.63, 3.8) is 0 Å². The first-order valence-electron chi connectivity index (χ1n) is 6.73. The van der Waals surface area contributed by atoms with Gasteiger partial charge in [-0.1, -0.05) is 18.0 Å². The van der Waals surface area contributed by atoms with Gasteiger partial charge >= 0.3 is 0 Å². The quantitative estimate of drug-likeness (QED) is 0.665. The summed E-state index contributed by atoms with van der Waals surface area (Å²) >= 11 is 5.81. The van der Waals surface area contributed by atoms with E-state index in [9.17, 15) is 10.1 Å². The summed E-state index contributed by atoms with van der Waals surface area (Å²) in [5.74, 6) is 0.596. The molecule has 1 aromatic rings. The molecule has 0 aliphatic heterocycles. The number of nitrogens with zero attached hydrogens (tertiary/aromatic N) is 2. The van der Waals surface area contributed by atoms with Crippen LogP contribution in [-0.2, 0) is 0 Å². The van der Waals surface area contributed by atoms with E-state index >= 15 is 0 Å². The Labute approximate surface area is 127 Å². The van der Waals surface area contributed by atoms with Crippen LogP contribution in [0.3, 0.4) is 0 Å². The van der Waals surface area contributed by atoms with Gasteiger partial charge in [-0.15, -0.1) is 0 Å². The van der Waals surface area contributed by atoms with Gasteiger partial charge in [0.1, 0.15) is 16.3 Å². The molecule has 0 saturated heterocycles. The van der Waals surface area contributed by atoms with Crippen LogP contribution in [-0.4, -0.2) is 17.1 Å². The predicted molar refractivity (Wildman–Crippen MR) is 78.1 cm³/mol. The van der Waals surface area contributed by atoms with Gasteiger partial charge in [0.15, 0.2) is 0 Å². The SMILES string of the molecule is N#CC1(N)CCCC1CCOc1ccc([N+](=O)[O-])c(Cl)c1. The van der Waals surface area contributed by atoms with E-state index in [0.29, 0.717) is 18.8 Å². The van der Waals surface area contributed by atoms with Crippen molar-refractivity contribution in [2.75, 3.05) is 6.61 Å². The average molecular weight is 310 g/mol. The molecule has 2 unspecified atom stereocenters. The van der Waals surface area contributed by atoms with Gasteiger partial charge in [0, 0.05) is 12.1 Å². The Morgan fingerprint density at radius 2 is 2.38 bits per heavy atom. The van der Waals surface area contributed by atoms with Gasteiger partial charge in [-0.05, 0) is 31.2 Å². The van der Waals surface area contributed by atoms with Crippen molar-refractivity contribution in [1.29, 1.82) is 5.26 Å². The largest absolute Gasteiger partial charge is 0.494 e. The predicted octanol–water partition coefficient (Wildman–Crippen LogP) is 3.04. The molecule has 0 radical (unpaired) electrons. The maximum absolute atomic E-state index is 10.7. The highest BCUT2D eigenvalue weighted by Crippen LogP contribution is 2.35. The first kappa shape index (κ1) is 15.5.